The number of amides is 1. The van der Waals surface area contributed by atoms with Crippen LogP contribution in [0.5, 0.6) is 0 Å². The predicted octanol–water partition coefficient (Wildman–Crippen LogP) is 1.58. The van der Waals surface area contributed by atoms with Gasteiger partial charge in [-0.2, -0.15) is 0 Å². The molecular formula is C18H28N4O. The van der Waals surface area contributed by atoms with E-state index in [2.05, 4.69) is 40.1 Å². The second-order valence-corrected chi connectivity index (χ2v) is 6.66. The van der Waals surface area contributed by atoms with Gasteiger partial charge in [-0.25, -0.2) is 10.9 Å². The van der Waals surface area contributed by atoms with Crippen molar-refractivity contribution in [3.63, 3.8) is 0 Å². The topological polar surface area (TPSA) is 56.4 Å². The molecule has 0 saturated carbocycles. The zero-order valence-corrected chi connectivity index (χ0v) is 13.9. The molecule has 1 amide bonds. The van der Waals surface area contributed by atoms with Crippen LogP contribution in [-0.4, -0.2) is 42.5 Å². The van der Waals surface area contributed by atoms with Crippen LogP contribution in [0.2, 0.25) is 0 Å². The predicted molar refractivity (Wildman–Crippen MR) is 91.8 cm³/mol. The lowest BCUT2D eigenvalue weighted by Gasteiger charge is -2.32. The van der Waals surface area contributed by atoms with E-state index in [-0.39, 0.29) is 18.0 Å². The summed E-state index contributed by atoms with van der Waals surface area (Å²) < 4.78 is 0. The maximum absolute atomic E-state index is 12.5. The van der Waals surface area contributed by atoms with Crippen molar-refractivity contribution in [2.24, 2.45) is 0 Å². The van der Waals surface area contributed by atoms with Gasteiger partial charge in [0.2, 0.25) is 5.91 Å². The van der Waals surface area contributed by atoms with Crippen molar-refractivity contribution in [1.82, 2.24) is 21.1 Å². The largest absolute Gasteiger partial charge is 0.352 e. The monoisotopic (exact) mass is 316 g/mol. The molecule has 2 aliphatic heterocycles. The van der Waals surface area contributed by atoms with Gasteiger partial charge in [0, 0.05) is 25.2 Å². The third kappa shape index (κ3) is 4.31. The van der Waals surface area contributed by atoms with Crippen molar-refractivity contribution in [2.45, 2.75) is 50.7 Å². The first-order valence-corrected chi connectivity index (χ1v) is 8.85. The minimum Gasteiger partial charge on any atom is -0.352 e. The molecule has 5 nitrogen and oxygen atoms in total. The van der Waals surface area contributed by atoms with E-state index in [1.165, 1.54) is 18.5 Å². The molecule has 0 bridgehead atoms. The van der Waals surface area contributed by atoms with Crippen LogP contribution < -0.4 is 16.2 Å². The van der Waals surface area contributed by atoms with Crippen LogP contribution in [0.25, 0.3) is 0 Å². The Kier molecular flexibility index (Phi) is 5.65. The molecule has 2 heterocycles. The van der Waals surface area contributed by atoms with Gasteiger partial charge in [0.15, 0.2) is 0 Å². The summed E-state index contributed by atoms with van der Waals surface area (Å²) in [6.45, 7) is 5.59. The minimum absolute atomic E-state index is 0.130. The standard InChI is InChI=1S/C18H28N4O/c1-2-10-22-11-8-15(9-12-22)19-18(23)17-13-16(20-21-17)14-6-4-3-5-7-14/h3-7,15-17,20-21H,2,8-13H2,1H3,(H,19,23). The van der Waals surface area contributed by atoms with Gasteiger partial charge >= 0.3 is 0 Å². The van der Waals surface area contributed by atoms with E-state index in [0.29, 0.717) is 6.04 Å². The fourth-order valence-corrected chi connectivity index (χ4v) is 3.55. The van der Waals surface area contributed by atoms with Crippen LogP contribution in [0.1, 0.15) is 44.2 Å². The van der Waals surface area contributed by atoms with Crippen LogP contribution in [0, 0.1) is 0 Å². The zero-order chi connectivity index (χ0) is 16.1. The minimum atomic E-state index is -0.145. The molecule has 126 valence electrons. The number of carbonyl (C=O) groups excluding carboxylic acids is 1. The number of nitrogens with zero attached hydrogens (tertiary/aromatic N) is 1. The first-order valence-electron chi connectivity index (χ1n) is 8.85. The third-order valence-corrected chi connectivity index (χ3v) is 4.90. The van der Waals surface area contributed by atoms with Gasteiger partial charge in [0.1, 0.15) is 6.04 Å². The Morgan fingerprint density at radius 3 is 2.65 bits per heavy atom. The van der Waals surface area contributed by atoms with Gasteiger partial charge in [-0.3, -0.25) is 4.79 Å². The van der Waals surface area contributed by atoms with Crippen molar-refractivity contribution < 1.29 is 4.79 Å². The van der Waals surface area contributed by atoms with Gasteiger partial charge < -0.3 is 10.2 Å². The molecule has 3 N–H and O–H groups in total. The van der Waals surface area contributed by atoms with E-state index in [9.17, 15) is 4.79 Å². The summed E-state index contributed by atoms with van der Waals surface area (Å²) >= 11 is 0. The number of piperidine rings is 1. The molecule has 5 heteroatoms. The summed E-state index contributed by atoms with van der Waals surface area (Å²) in [6, 6.07) is 10.7. The molecule has 2 fully saturated rings. The molecule has 0 aliphatic carbocycles. The Labute approximate surface area is 138 Å². The molecule has 0 spiro atoms. The Balaban J connectivity index is 1.45. The zero-order valence-electron chi connectivity index (χ0n) is 13.9. The van der Waals surface area contributed by atoms with Gasteiger partial charge in [0.05, 0.1) is 0 Å². The van der Waals surface area contributed by atoms with E-state index < -0.39 is 0 Å². The van der Waals surface area contributed by atoms with E-state index in [1.807, 2.05) is 18.2 Å². The third-order valence-electron chi connectivity index (χ3n) is 4.90. The second kappa shape index (κ2) is 7.90. The van der Waals surface area contributed by atoms with E-state index >= 15 is 0 Å². The van der Waals surface area contributed by atoms with Crippen molar-refractivity contribution >= 4 is 5.91 Å². The molecule has 1 aromatic rings. The summed E-state index contributed by atoms with van der Waals surface area (Å²) in [6.07, 6.45) is 4.13. The maximum Gasteiger partial charge on any atom is 0.238 e. The number of hydrazine groups is 1. The second-order valence-electron chi connectivity index (χ2n) is 6.66. The molecule has 23 heavy (non-hydrogen) atoms. The first-order chi connectivity index (χ1) is 11.3. The summed E-state index contributed by atoms with van der Waals surface area (Å²) in [4.78, 5) is 15.0. The maximum atomic E-state index is 12.5. The number of hydrogen-bond donors (Lipinski definition) is 3. The molecule has 2 unspecified atom stereocenters. The smallest absolute Gasteiger partial charge is 0.238 e. The van der Waals surface area contributed by atoms with Gasteiger partial charge in [-0.05, 0) is 37.8 Å². The van der Waals surface area contributed by atoms with Crippen LogP contribution >= 0.6 is 0 Å². The molecule has 2 aliphatic rings. The highest BCUT2D eigenvalue weighted by molar-refractivity contribution is 5.82. The summed E-state index contributed by atoms with van der Waals surface area (Å²) in [5, 5.41) is 3.23. The highest BCUT2D eigenvalue weighted by Crippen LogP contribution is 2.22. The molecular weight excluding hydrogens is 288 g/mol. The molecule has 0 aromatic heterocycles. The van der Waals surface area contributed by atoms with Crippen molar-refractivity contribution in [1.29, 1.82) is 0 Å². The van der Waals surface area contributed by atoms with Gasteiger partial charge in [-0.15, -0.1) is 0 Å². The van der Waals surface area contributed by atoms with Gasteiger partial charge in [-0.1, -0.05) is 37.3 Å². The van der Waals surface area contributed by atoms with Crippen LogP contribution in [0.15, 0.2) is 30.3 Å². The number of carbonyl (C=O) groups is 1. The van der Waals surface area contributed by atoms with Crippen LogP contribution in [-0.2, 0) is 4.79 Å². The summed E-state index contributed by atoms with van der Waals surface area (Å²) in [5.74, 6) is 0.130. The number of hydrogen-bond acceptors (Lipinski definition) is 4. The molecule has 3 rings (SSSR count). The number of benzene rings is 1. The fraction of sp³-hybridized carbons (Fsp3) is 0.611. The Bertz CT molecular complexity index is 499. The lowest BCUT2D eigenvalue weighted by Crippen LogP contribution is -2.50. The lowest BCUT2D eigenvalue weighted by molar-refractivity contribution is -0.123. The molecule has 2 atom stereocenters. The van der Waals surface area contributed by atoms with Crippen LogP contribution in [0.3, 0.4) is 0 Å². The Hall–Kier alpha value is -1.43. The molecule has 1 aromatic carbocycles. The van der Waals surface area contributed by atoms with E-state index in [4.69, 9.17) is 0 Å². The fourth-order valence-electron chi connectivity index (χ4n) is 3.55. The van der Waals surface area contributed by atoms with Crippen LogP contribution in [0.4, 0.5) is 0 Å². The number of likely N-dealkylation sites (tertiary alicyclic amines) is 1. The highest BCUT2D eigenvalue weighted by atomic mass is 16.2. The number of rotatable bonds is 5. The number of nitrogens with one attached hydrogen (secondary N) is 3. The first kappa shape index (κ1) is 16.4. The van der Waals surface area contributed by atoms with Gasteiger partial charge in [0.25, 0.3) is 0 Å². The average molecular weight is 316 g/mol. The lowest BCUT2D eigenvalue weighted by atomic mass is 10.0. The SMILES string of the molecule is CCCN1CCC(NC(=O)C2CC(c3ccccc3)NN2)CC1. The van der Waals surface area contributed by atoms with E-state index in [1.54, 1.807) is 0 Å². The normalized spacial score (nSPS) is 26.3. The van der Waals surface area contributed by atoms with Crippen molar-refractivity contribution in [3.05, 3.63) is 35.9 Å². The van der Waals surface area contributed by atoms with Crippen molar-refractivity contribution in [3.8, 4) is 0 Å². The quantitative estimate of drug-likeness (QED) is 0.772. The highest BCUT2D eigenvalue weighted by Gasteiger charge is 2.31. The van der Waals surface area contributed by atoms with Crippen molar-refractivity contribution in [2.75, 3.05) is 19.6 Å². The van der Waals surface area contributed by atoms with E-state index in [0.717, 1.165) is 32.4 Å². The summed E-state index contributed by atoms with van der Waals surface area (Å²) in [7, 11) is 0. The molecule has 2 saturated heterocycles. The molecule has 0 radical (unpaired) electrons. The summed E-state index contributed by atoms with van der Waals surface area (Å²) in [5.41, 5.74) is 7.62. The Morgan fingerprint density at radius 1 is 1.22 bits per heavy atom. The average Bonchev–Trinajstić information content (AvgIpc) is 3.08. The Morgan fingerprint density at radius 2 is 1.96 bits per heavy atom.